The maximum atomic E-state index is 12.7. The standard InChI is InChI=1S/C19H15N3O3S/c1-2-13-20-19(23)16-8-10-17(11-9-16)26(24,25)22-14-12-18(21-22)15-6-4-3-5-7-15/h1,3-12,14H,13H2,(H,20,23). The van der Waals surface area contributed by atoms with Gasteiger partial charge in [-0.15, -0.1) is 6.42 Å². The Bertz CT molecular complexity index is 1060. The smallest absolute Gasteiger partial charge is 0.282 e. The van der Waals surface area contributed by atoms with Crippen LogP contribution in [-0.2, 0) is 10.0 Å². The third kappa shape index (κ3) is 3.50. The molecule has 0 aliphatic carbocycles. The van der Waals surface area contributed by atoms with Crippen LogP contribution in [0.1, 0.15) is 10.4 Å². The highest BCUT2D eigenvalue weighted by molar-refractivity contribution is 7.89. The third-order valence-corrected chi connectivity index (χ3v) is 5.21. The van der Waals surface area contributed by atoms with Crippen molar-refractivity contribution < 1.29 is 13.2 Å². The average molecular weight is 365 g/mol. The van der Waals surface area contributed by atoms with Crippen LogP contribution < -0.4 is 5.32 Å². The van der Waals surface area contributed by atoms with Crippen molar-refractivity contribution in [3.8, 4) is 23.6 Å². The molecule has 130 valence electrons. The number of carbonyl (C=O) groups is 1. The lowest BCUT2D eigenvalue weighted by molar-refractivity contribution is 0.0958. The van der Waals surface area contributed by atoms with Gasteiger partial charge in [-0.25, -0.2) is 0 Å². The molecule has 0 bridgehead atoms. The van der Waals surface area contributed by atoms with Crippen LogP contribution in [0.5, 0.6) is 0 Å². The van der Waals surface area contributed by atoms with Gasteiger partial charge in [0.25, 0.3) is 15.9 Å². The summed E-state index contributed by atoms with van der Waals surface area (Å²) in [7, 11) is -3.84. The second-order valence-electron chi connectivity index (χ2n) is 5.36. The minimum absolute atomic E-state index is 0.0358. The van der Waals surface area contributed by atoms with E-state index in [1.165, 1.54) is 30.5 Å². The summed E-state index contributed by atoms with van der Waals surface area (Å²) < 4.78 is 26.3. The normalized spacial score (nSPS) is 10.9. The van der Waals surface area contributed by atoms with Gasteiger partial charge in [0.2, 0.25) is 0 Å². The van der Waals surface area contributed by atoms with E-state index in [1.54, 1.807) is 6.07 Å². The first kappa shape index (κ1) is 17.5. The van der Waals surface area contributed by atoms with E-state index in [0.717, 1.165) is 9.65 Å². The van der Waals surface area contributed by atoms with Crippen molar-refractivity contribution in [3.05, 3.63) is 72.4 Å². The molecule has 2 aromatic carbocycles. The van der Waals surface area contributed by atoms with Gasteiger partial charge in [-0.05, 0) is 30.3 Å². The summed E-state index contributed by atoms with van der Waals surface area (Å²) in [6, 6.07) is 16.5. The van der Waals surface area contributed by atoms with E-state index in [9.17, 15) is 13.2 Å². The first-order valence-electron chi connectivity index (χ1n) is 7.71. The molecule has 1 aromatic heterocycles. The van der Waals surface area contributed by atoms with Gasteiger partial charge in [-0.1, -0.05) is 36.3 Å². The fourth-order valence-corrected chi connectivity index (χ4v) is 3.44. The van der Waals surface area contributed by atoms with E-state index in [1.807, 2.05) is 30.3 Å². The minimum Gasteiger partial charge on any atom is -0.341 e. The van der Waals surface area contributed by atoms with Gasteiger partial charge in [-0.2, -0.15) is 17.6 Å². The molecular formula is C19H15N3O3S. The highest BCUT2D eigenvalue weighted by Gasteiger charge is 2.19. The topological polar surface area (TPSA) is 81.1 Å². The highest BCUT2D eigenvalue weighted by atomic mass is 32.2. The molecule has 3 aromatic rings. The summed E-state index contributed by atoms with van der Waals surface area (Å²) in [5, 5.41) is 6.67. The van der Waals surface area contributed by atoms with Crippen LogP contribution in [0.3, 0.4) is 0 Å². The Balaban J connectivity index is 1.86. The van der Waals surface area contributed by atoms with Gasteiger partial charge in [0, 0.05) is 17.3 Å². The van der Waals surface area contributed by atoms with Gasteiger partial charge in [0.1, 0.15) is 0 Å². The number of terminal acetylenes is 1. The number of amides is 1. The molecule has 0 saturated carbocycles. The van der Waals surface area contributed by atoms with Gasteiger partial charge < -0.3 is 5.32 Å². The first-order chi connectivity index (χ1) is 12.5. The SMILES string of the molecule is C#CCNC(=O)c1ccc(S(=O)(=O)n2ccc(-c3ccccc3)n2)cc1. The van der Waals surface area contributed by atoms with Gasteiger partial charge in [0.15, 0.2) is 0 Å². The zero-order chi connectivity index (χ0) is 18.6. The first-order valence-corrected chi connectivity index (χ1v) is 9.15. The molecule has 6 nitrogen and oxygen atoms in total. The number of aromatic nitrogens is 2. The number of hydrogen-bond acceptors (Lipinski definition) is 4. The quantitative estimate of drug-likeness (QED) is 0.703. The molecule has 0 unspecified atom stereocenters. The molecule has 1 heterocycles. The van der Waals surface area contributed by atoms with E-state index in [0.29, 0.717) is 11.3 Å². The predicted molar refractivity (Wildman–Crippen MR) is 97.9 cm³/mol. The van der Waals surface area contributed by atoms with Gasteiger partial charge >= 0.3 is 0 Å². The summed E-state index contributed by atoms with van der Waals surface area (Å²) in [4.78, 5) is 11.9. The molecular weight excluding hydrogens is 350 g/mol. The van der Waals surface area contributed by atoms with E-state index in [-0.39, 0.29) is 17.3 Å². The lowest BCUT2D eigenvalue weighted by atomic mass is 10.2. The Labute approximate surface area is 151 Å². The molecule has 7 heteroatoms. The van der Waals surface area contributed by atoms with Crippen LogP contribution >= 0.6 is 0 Å². The van der Waals surface area contributed by atoms with Crippen molar-refractivity contribution >= 4 is 15.9 Å². The fourth-order valence-electron chi connectivity index (χ4n) is 2.32. The van der Waals surface area contributed by atoms with Crippen molar-refractivity contribution in [1.29, 1.82) is 0 Å². The Morgan fingerprint density at radius 2 is 1.77 bits per heavy atom. The Morgan fingerprint density at radius 3 is 2.42 bits per heavy atom. The molecule has 0 aliphatic rings. The van der Waals surface area contributed by atoms with Crippen LogP contribution in [0.2, 0.25) is 0 Å². The Morgan fingerprint density at radius 1 is 1.08 bits per heavy atom. The Hall–Kier alpha value is -3.37. The third-order valence-electron chi connectivity index (χ3n) is 3.65. The molecule has 0 spiro atoms. The second kappa shape index (κ2) is 7.25. The van der Waals surface area contributed by atoms with Crippen LogP contribution in [0.25, 0.3) is 11.3 Å². The van der Waals surface area contributed by atoms with Crippen molar-refractivity contribution in [1.82, 2.24) is 14.5 Å². The largest absolute Gasteiger partial charge is 0.341 e. The molecule has 3 rings (SSSR count). The molecule has 0 radical (unpaired) electrons. The van der Waals surface area contributed by atoms with Crippen molar-refractivity contribution in [3.63, 3.8) is 0 Å². The molecule has 1 N–H and O–H groups in total. The number of hydrogen-bond donors (Lipinski definition) is 1. The summed E-state index contributed by atoms with van der Waals surface area (Å²) in [5.41, 5.74) is 1.70. The lowest BCUT2D eigenvalue weighted by Crippen LogP contribution is -2.23. The monoisotopic (exact) mass is 365 g/mol. The lowest BCUT2D eigenvalue weighted by Gasteiger charge is -2.06. The molecule has 26 heavy (non-hydrogen) atoms. The van der Waals surface area contributed by atoms with Gasteiger partial charge in [0.05, 0.1) is 17.1 Å². The number of benzene rings is 2. The van der Waals surface area contributed by atoms with Crippen LogP contribution in [0, 0.1) is 12.3 Å². The van der Waals surface area contributed by atoms with E-state index >= 15 is 0 Å². The molecule has 0 fully saturated rings. The van der Waals surface area contributed by atoms with E-state index in [4.69, 9.17) is 6.42 Å². The van der Waals surface area contributed by atoms with Gasteiger partial charge in [-0.3, -0.25) is 4.79 Å². The number of rotatable bonds is 5. The van der Waals surface area contributed by atoms with Crippen LogP contribution in [0.15, 0.2) is 71.8 Å². The van der Waals surface area contributed by atoms with Crippen molar-refractivity contribution in [2.45, 2.75) is 4.90 Å². The number of carbonyl (C=O) groups excluding carboxylic acids is 1. The highest BCUT2D eigenvalue weighted by Crippen LogP contribution is 2.19. The molecule has 0 saturated heterocycles. The van der Waals surface area contributed by atoms with Crippen LogP contribution in [0.4, 0.5) is 0 Å². The summed E-state index contributed by atoms with van der Waals surface area (Å²) >= 11 is 0. The Kier molecular flexibility index (Phi) is 4.87. The summed E-state index contributed by atoms with van der Waals surface area (Å²) in [5.74, 6) is 1.94. The average Bonchev–Trinajstić information content (AvgIpc) is 3.18. The second-order valence-corrected chi connectivity index (χ2v) is 7.15. The molecule has 0 atom stereocenters. The minimum atomic E-state index is -3.84. The predicted octanol–water partition coefficient (Wildman–Crippen LogP) is 2.15. The van der Waals surface area contributed by atoms with Crippen molar-refractivity contribution in [2.24, 2.45) is 0 Å². The molecule has 1 amide bonds. The number of nitrogens with zero attached hydrogens (tertiary/aromatic N) is 2. The number of nitrogens with one attached hydrogen (secondary N) is 1. The zero-order valence-electron chi connectivity index (χ0n) is 13.7. The fraction of sp³-hybridized carbons (Fsp3) is 0.0526. The van der Waals surface area contributed by atoms with Crippen LogP contribution in [-0.4, -0.2) is 30.1 Å². The summed E-state index contributed by atoms with van der Waals surface area (Å²) in [6.07, 6.45) is 6.48. The van der Waals surface area contributed by atoms with Crippen molar-refractivity contribution in [2.75, 3.05) is 6.54 Å². The maximum absolute atomic E-state index is 12.7. The zero-order valence-corrected chi connectivity index (χ0v) is 14.5. The maximum Gasteiger partial charge on any atom is 0.282 e. The molecule has 0 aliphatic heterocycles. The van der Waals surface area contributed by atoms with E-state index < -0.39 is 10.0 Å². The van der Waals surface area contributed by atoms with E-state index in [2.05, 4.69) is 16.3 Å². The summed E-state index contributed by atoms with van der Waals surface area (Å²) in [6.45, 7) is 0.106.